The summed E-state index contributed by atoms with van der Waals surface area (Å²) >= 11 is 0. The van der Waals surface area contributed by atoms with Gasteiger partial charge < -0.3 is 14.6 Å². The number of aromatic nitrogens is 1. The maximum Gasteiger partial charge on any atom is 0.311 e. The molecule has 16 heavy (non-hydrogen) atoms. The Morgan fingerprint density at radius 1 is 1.44 bits per heavy atom. The van der Waals surface area contributed by atoms with Gasteiger partial charge >= 0.3 is 5.97 Å². The summed E-state index contributed by atoms with van der Waals surface area (Å²) in [6.07, 6.45) is 1.17. The van der Waals surface area contributed by atoms with Crippen LogP contribution < -0.4 is 0 Å². The van der Waals surface area contributed by atoms with Crippen LogP contribution in [0.15, 0.2) is 34.9 Å². The summed E-state index contributed by atoms with van der Waals surface area (Å²) < 4.78 is 5.23. The van der Waals surface area contributed by atoms with Crippen LogP contribution in [0.2, 0.25) is 0 Å². The second-order valence-corrected chi connectivity index (χ2v) is 3.25. The third kappa shape index (κ3) is 2.20. The number of rotatable bonds is 3. The van der Waals surface area contributed by atoms with E-state index in [-0.39, 0.29) is 17.9 Å². The van der Waals surface area contributed by atoms with E-state index in [2.05, 4.69) is 4.98 Å². The molecule has 82 valence electrons. The second-order valence-electron chi connectivity index (χ2n) is 3.25. The predicted molar refractivity (Wildman–Crippen MR) is 54.9 cm³/mol. The van der Waals surface area contributed by atoms with Gasteiger partial charge in [-0.25, -0.2) is 4.98 Å². The van der Waals surface area contributed by atoms with E-state index < -0.39 is 5.97 Å². The van der Waals surface area contributed by atoms with Crippen molar-refractivity contribution in [1.29, 1.82) is 0 Å². The van der Waals surface area contributed by atoms with E-state index in [0.29, 0.717) is 11.5 Å². The summed E-state index contributed by atoms with van der Waals surface area (Å²) in [7, 11) is 0. The van der Waals surface area contributed by atoms with Crippen LogP contribution in [0.3, 0.4) is 0 Å². The molecule has 1 aromatic heterocycles. The zero-order valence-corrected chi connectivity index (χ0v) is 8.25. The molecular formula is C11H9NO4. The maximum absolute atomic E-state index is 10.4. The van der Waals surface area contributed by atoms with Gasteiger partial charge in [0.15, 0.2) is 0 Å². The van der Waals surface area contributed by atoms with Crippen LogP contribution in [0.25, 0.3) is 11.5 Å². The van der Waals surface area contributed by atoms with E-state index in [1.807, 2.05) is 0 Å². The molecule has 0 fully saturated rings. The lowest BCUT2D eigenvalue weighted by molar-refractivity contribution is -0.136. The van der Waals surface area contributed by atoms with Gasteiger partial charge in [0.1, 0.15) is 17.9 Å². The van der Waals surface area contributed by atoms with Gasteiger partial charge in [0.25, 0.3) is 0 Å². The van der Waals surface area contributed by atoms with Gasteiger partial charge in [-0.15, -0.1) is 0 Å². The number of phenols is 1. The third-order valence-corrected chi connectivity index (χ3v) is 1.97. The van der Waals surface area contributed by atoms with Crippen LogP contribution in [0, 0.1) is 0 Å². The van der Waals surface area contributed by atoms with E-state index in [1.165, 1.54) is 18.3 Å². The van der Waals surface area contributed by atoms with Gasteiger partial charge in [-0.05, 0) is 18.2 Å². The molecule has 0 atom stereocenters. The first-order valence-corrected chi connectivity index (χ1v) is 4.61. The SMILES string of the molecule is O=C(O)Cc1cnc(-c2cccc(O)c2)o1. The molecule has 0 aliphatic carbocycles. The number of hydrogen-bond acceptors (Lipinski definition) is 4. The molecule has 0 aliphatic heterocycles. The molecule has 0 bridgehead atoms. The van der Waals surface area contributed by atoms with Crippen LogP contribution in [0.1, 0.15) is 5.76 Å². The van der Waals surface area contributed by atoms with Crippen molar-refractivity contribution in [2.45, 2.75) is 6.42 Å². The number of carboxylic acids is 1. The molecule has 2 N–H and O–H groups in total. The maximum atomic E-state index is 10.4. The molecule has 0 saturated carbocycles. The van der Waals surface area contributed by atoms with E-state index >= 15 is 0 Å². The highest BCUT2D eigenvalue weighted by molar-refractivity contribution is 5.69. The topological polar surface area (TPSA) is 83.6 Å². The summed E-state index contributed by atoms with van der Waals surface area (Å²) in [5.41, 5.74) is 0.608. The zero-order chi connectivity index (χ0) is 11.5. The normalized spacial score (nSPS) is 10.2. The van der Waals surface area contributed by atoms with Crippen LogP contribution in [0.5, 0.6) is 5.75 Å². The molecule has 0 unspecified atom stereocenters. The smallest absolute Gasteiger partial charge is 0.311 e. The summed E-state index contributed by atoms with van der Waals surface area (Å²) in [5, 5.41) is 17.8. The van der Waals surface area contributed by atoms with E-state index in [1.54, 1.807) is 12.1 Å². The average molecular weight is 219 g/mol. The van der Waals surface area contributed by atoms with Crippen molar-refractivity contribution in [1.82, 2.24) is 4.98 Å². The molecule has 1 heterocycles. The molecule has 1 aromatic carbocycles. The zero-order valence-electron chi connectivity index (χ0n) is 8.25. The van der Waals surface area contributed by atoms with Crippen molar-refractivity contribution in [2.24, 2.45) is 0 Å². The van der Waals surface area contributed by atoms with E-state index in [0.717, 1.165) is 0 Å². The second kappa shape index (κ2) is 4.06. The van der Waals surface area contributed by atoms with E-state index in [9.17, 15) is 9.90 Å². The molecule has 5 nitrogen and oxygen atoms in total. The molecule has 2 aromatic rings. The highest BCUT2D eigenvalue weighted by Crippen LogP contribution is 2.22. The Morgan fingerprint density at radius 2 is 2.25 bits per heavy atom. The van der Waals surface area contributed by atoms with Crippen molar-refractivity contribution in [3.63, 3.8) is 0 Å². The summed E-state index contributed by atoms with van der Waals surface area (Å²) in [6.45, 7) is 0. The van der Waals surface area contributed by atoms with Crippen molar-refractivity contribution < 1.29 is 19.4 Å². The van der Waals surface area contributed by atoms with Crippen LogP contribution in [-0.4, -0.2) is 21.2 Å². The van der Waals surface area contributed by atoms with Gasteiger partial charge in [-0.2, -0.15) is 0 Å². The summed E-state index contributed by atoms with van der Waals surface area (Å²) in [5.74, 6) is -0.285. The minimum atomic E-state index is -0.974. The van der Waals surface area contributed by atoms with Gasteiger partial charge in [-0.3, -0.25) is 4.79 Å². The quantitative estimate of drug-likeness (QED) is 0.820. The average Bonchev–Trinajstić information content (AvgIpc) is 2.65. The summed E-state index contributed by atoms with van der Waals surface area (Å²) in [6, 6.07) is 6.41. The Morgan fingerprint density at radius 3 is 2.94 bits per heavy atom. The van der Waals surface area contributed by atoms with Gasteiger partial charge in [0, 0.05) is 5.56 Å². The number of oxazole rings is 1. The van der Waals surface area contributed by atoms with Crippen molar-refractivity contribution in [3.05, 3.63) is 36.2 Å². The highest BCUT2D eigenvalue weighted by atomic mass is 16.4. The number of aromatic hydroxyl groups is 1. The lowest BCUT2D eigenvalue weighted by Crippen LogP contribution is -1.97. The molecule has 2 rings (SSSR count). The molecule has 0 amide bonds. The molecule has 5 heteroatoms. The predicted octanol–water partition coefficient (Wildman–Crippen LogP) is 1.67. The number of carboxylic acid groups (broad SMARTS) is 1. The number of benzene rings is 1. The van der Waals surface area contributed by atoms with Gasteiger partial charge in [0.2, 0.25) is 5.89 Å². The first kappa shape index (κ1) is 10.2. The van der Waals surface area contributed by atoms with Crippen LogP contribution in [-0.2, 0) is 11.2 Å². The Balaban J connectivity index is 2.28. The fraction of sp³-hybridized carbons (Fsp3) is 0.0909. The Hall–Kier alpha value is -2.30. The molecule has 0 saturated heterocycles. The Kier molecular flexibility index (Phi) is 2.59. The van der Waals surface area contributed by atoms with Gasteiger partial charge in [-0.1, -0.05) is 6.07 Å². The number of hydrogen-bond donors (Lipinski definition) is 2. The molecule has 0 radical (unpaired) electrons. The van der Waals surface area contributed by atoms with Crippen LogP contribution >= 0.6 is 0 Å². The molecule has 0 aliphatic rings. The first-order chi connectivity index (χ1) is 7.65. The first-order valence-electron chi connectivity index (χ1n) is 4.61. The number of nitrogens with zero attached hydrogens (tertiary/aromatic N) is 1. The monoisotopic (exact) mass is 219 g/mol. The minimum absolute atomic E-state index is 0.107. The number of phenolic OH excluding ortho intramolecular Hbond substituents is 1. The lowest BCUT2D eigenvalue weighted by Gasteiger charge is -1.96. The van der Waals surface area contributed by atoms with Gasteiger partial charge in [0.05, 0.1) is 6.20 Å². The largest absolute Gasteiger partial charge is 0.508 e. The van der Waals surface area contributed by atoms with Crippen molar-refractivity contribution >= 4 is 5.97 Å². The fourth-order valence-electron chi connectivity index (χ4n) is 1.31. The van der Waals surface area contributed by atoms with E-state index in [4.69, 9.17) is 9.52 Å². The third-order valence-electron chi connectivity index (χ3n) is 1.97. The fourth-order valence-corrected chi connectivity index (χ4v) is 1.31. The Bertz CT molecular complexity index is 518. The Labute approximate surface area is 91.0 Å². The number of aliphatic carboxylic acids is 1. The number of carbonyl (C=O) groups is 1. The lowest BCUT2D eigenvalue weighted by atomic mass is 10.2. The van der Waals surface area contributed by atoms with Crippen LogP contribution in [0.4, 0.5) is 0 Å². The molecular weight excluding hydrogens is 210 g/mol. The summed E-state index contributed by atoms with van der Waals surface area (Å²) in [4.78, 5) is 14.4. The highest BCUT2D eigenvalue weighted by Gasteiger charge is 2.09. The standard InChI is InChI=1S/C11H9NO4/c13-8-3-1-2-7(4-8)11-12-6-9(16-11)5-10(14)15/h1-4,6,13H,5H2,(H,14,15). The minimum Gasteiger partial charge on any atom is -0.508 e. The molecule has 0 spiro atoms. The van der Waals surface area contributed by atoms with Crippen molar-refractivity contribution in [3.8, 4) is 17.2 Å². The van der Waals surface area contributed by atoms with Crippen molar-refractivity contribution in [2.75, 3.05) is 0 Å².